The number of benzene rings is 1. The topological polar surface area (TPSA) is 9.23 Å². The van der Waals surface area contributed by atoms with E-state index in [9.17, 15) is 0 Å². The standard InChI is InChI=1S/C12H14Br2O/c1-7(2)12(14)9-5-8-3-4-15-11(8)6-10(9)13/h5-7,12H,3-4H2,1-2H3. The minimum Gasteiger partial charge on any atom is -0.493 e. The lowest BCUT2D eigenvalue weighted by molar-refractivity contribution is 0.356. The highest BCUT2D eigenvalue weighted by atomic mass is 79.9. The van der Waals surface area contributed by atoms with Gasteiger partial charge in [-0.25, -0.2) is 0 Å². The number of hydrogen-bond acceptors (Lipinski definition) is 1. The minimum atomic E-state index is 0.401. The molecule has 15 heavy (non-hydrogen) atoms. The predicted octanol–water partition coefficient (Wildman–Crippen LogP) is 4.48. The zero-order chi connectivity index (χ0) is 11.0. The summed E-state index contributed by atoms with van der Waals surface area (Å²) in [4.78, 5) is 0.401. The fraction of sp³-hybridized carbons (Fsp3) is 0.500. The summed E-state index contributed by atoms with van der Waals surface area (Å²) in [6.07, 6.45) is 1.04. The van der Waals surface area contributed by atoms with Crippen LogP contribution in [0.4, 0.5) is 0 Å². The molecule has 1 aliphatic heterocycles. The van der Waals surface area contributed by atoms with Crippen LogP contribution in [-0.4, -0.2) is 6.61 Å². The Morgan fingerprint density at radius 2 is 2.07 bits per heavy atom. The molecule has 0 N–H and O–H groups in total. The Hall–Kier alpha value is -0.0200. The molecule has 0 saturated carbocycles. The van der Waals surface area contributed by atoms with E-state index in [1.807, 2.05) is 0 Å². The third-order valence-corrected chi connectivity index (χ3v) is 4.93. The zero-order valence-electron chi connectivity index (χ0n) is 8.89. The Labute approximate surface area is 107 Å². The van der Waals surface area contributed by atoms with Crippen LogP contribution < -0.4 is 4.74 Å². The Morgan fingerprint density at radius 1 is 1.33 bits per heavy atom. The molecule has 0 aromatic heterocycles. The number of ether oxygens (including phenoxy) is 1. The van der Waals surface area contributed by atoms with Crippen LogP contribution in [0.5, 0.6) is 5.75 Å². The smallest absolute Gasteiger partial charge is 0.123 e. The van der Waals surface area contributed by atoms with Gasteiger partial charge in [0, 0.05) is 15.7 Å². The summed E-state index contributed by atoms with van der Waals surface area (Å²) in [7, 11) is 0. The van der Waals surface area contributed by atoms with Crippen LogP contribution in [0.25, 0.3) is 0 Å². The Balaban J connectivity index is 2.40. The summed E-state index contributed by atoms with van der Waals surface area (Å²) in [6, 6.07) is 4.35. The highest BCUT2D eigenvalue weighted by Crippen LogP contribution is 2.40. The number of fused-ring (bicyclic) bond motifs is 1. The lowest BCUT2D eigenvalue weighted by Gasteiger charge is -2.17. The van der Waals surface area contributed by atoms with E-state index < -0.39 is 0 Å². The largest absolute Gasteiger partial charge is 0.493 e. The van der Waals surface area contributed by atoms with Crippen molar-refractivity contribution in [1.82, 2.24) is 0 Å². The quantitative estimate of drug-likeness (QED) is 0.725. The average molecular weight is 334 g/mol. The van der Waals surface area contributed by atoms with Crippen LogP contribution >= 0.6 is 31.9 Å². The van der Waals surface area contributed by atoms with Gasteiger partial charge in [-0.15, -0.1) is 0 Å². The molecule has 82 valence electrons. The maximum Gasteiger partial charge on any atom is 0.123 e. The molecule has 1 aliphatic rings. The van der Waals surface area contributed by atoms with Crippen molar-refractivity contribution in [1.29, 1.82) is 0 Å². The summed E-state index contributed by atoms with van der Waals surface area (Å²) < 4.78 is 6.67. The normalized spacial score (nSPS) is 16.3. The van der Waals surface area contributed by atoms with Crippen LogP contribution in [0.3, 0.4) is 0 Å². The molecule has 0 saturated heterocycles. The van der Waals surface area contributed by atoms with Gasteiger partial charge in [-0.2, -0.15) is 0 Å². The first kappa shape index (κ1) is 11.5. The molecule has 1 unspecified atom stereocenters. The molecule has 1 nitrogen and oxygen atoms in total. The van der Waals surface area contributed by atoms with Crippen LogP contribution in [0.1, 0.15) is 29.8 Å². The van der Waals surface area contributed by atoms with Gasteiger partial charge in [0.05, 0.1) is 6.61 Å². The van der Waals surface area contributed by atoms with Gasteiger partial charge in [0.1, 0.15) is 5.75 Å². The fourth-order valence-corrected chi connectivity index (χ4v) is 3.05. The van der Waals surface area contributed by atoms with Crippen molar-refractivity contribution in [2.45, 2.75) is 25.1 Å². The second-order valence-electron chi connectivity index (χ2n) is 4.23. The molecule has 1 aromatic carbocycles. The summed E-state index contributed by atoms with van der Waals surface area (Å²) >= 11 is 7.35. The highest BCUT2D eigenvalue weighted by Gasteiger charge is 2.20. The van der Waals surface area contributed by atoms with Crippen LogP contribution in [0.15, 0.2) is 16.6 Å². The summed E-state index contributed by atoms with van der Waals surface area (Å²) in [5, 5.41) is 0. The lowest BCUT2D eigenvalue weighted by Crippen LogP contribution is -2.00. The number of halogens is 2. The van der Waals surface area contributed by atoms with Crippen molar-refractivity contribution in [2.75, 3.05) is 6.61 Å². The molecule has 1 heterocycles. The van der Waals surface area contributed by atoms with Crippen molar-refractivity contribution in [3.8, 4) is 5.75 Å². The van der Waals surface area contributed by atoms with Crippen LogP contribution in [0, 0.1) is 5.92 Å². The van der Waals surface area contributed by atoms with Crippen molar-refractivity contribution in [2.24, 2.45) is 5.92 Å². The van der Waals surface area contributed by atoms with E-state index in [-0.39, 0.29) is 0 Å². The molecule has 2 rings (SSSR count). The molecule has 0 aliphatic carbocycles. The number of hydrogen-bond donors (Lipinski definition) is 0. The third-order valence-electron chi connectivity index (χ3n) is 2.69. The first-order valence-corrected chi connectivity index (χ1v) is 6.89. The van der Waals surface area contributed by atoms with Gasteiger partial charge in [0.15, 0.2) is 0 Å². The summed E-state index contributed by atoms with van der Waals surface area (Å²) in [6.45, 7) is 5.25. The van der Waals surface area contributed by atoms with Crippen molar-refractivity contribution < 1.29 is 4.74 Å². The van der Waals surface area contributed by atoms with Gasteiger partial charge in [0.2, 0.25) is 0 Å². The van der Waals surface area contributed by atoms with Gasteiger partial charge in [-0.1, -0.05) is 45.7 Å². The minimum absolute atomic E-state index is 0.401. The van der Waals surface area contributed by atoms with Crippen LogP contribution in [0.2, 0.25) is 0 Å². The van der Waals surface area contributed by atoms with Gasteiger partial charge in [0.25, 0.3) is 0 Å². The van der Waals surface area contributed by atoms with Gasteiger partial charge in [-0.05, 0) is 29.2 Å². The molecular weight excluding hydrogens is 320 g/mol. The molecule has 0 amide bonds. The molecular formula is C12H14Br2O. The second kappa shape index (κ2) is 4.46. The van der Waals surface area contributed by atoms with E-state index in [0.717, 1.165) is 23.2 Å². The zero-order valence-corrected chi connectivity index (χ0v) is 12.1. The first-order valence-electron chi connectivity index (χ1n) is 5.18. The van der Waals surface area contributed by atoms with E-state index in [1.54, 1.807) is 0 Å². The maximum atomic E-state index is 5.53. The van der Waals surface area contributed by atoms with Crippen molar-refractivity contribution >= 4 is 31.9 Å². The lowest BCUT2D eigenvalue weighted by atomic mass is 10.00. The molecule has 0 bridgehead atoms. The van der Waals surface area contributed by atoms with E-state index in [1.165, 1.54) is 11.1 Å². The second-order valence-corrected chi connectivity index (χ2v) is 6.07. The van der Waals surface area contributed by atoms with E-state index >= 15 is 0 Å². The molecule has 0 radical (unpaired) electrons. The maximum absolute atomic E-state index is 5.53. The molecule has 1 atom stereocenters. The number of rotatable bonds is 2. The molecule has 1 aromatic rings. The van der Waals surface area contributed by atoms with Gasteiger partial charge < -0.3 is 4.74 Å². The SMILES string of the molecule is CC(C)C(Br)c1cc2c(cc1Br)OCC2. The van der Waals surface area contributed by atoms with E-state index in [2.05, 4.69) is 57.8 Å². The van der Waals surface area contributed by atoms with Gasteiger partial charge >= 0.3 is 0 Å². The van der Waals surface area contributed by atoms with E-state index in [0.29, 0.717) is 10.7 Å². The van der Waals surface area contributed by atoms with Crippen molar-refractivity contribution in [3.05, 3.63) is 27.7 Å². The predicted molar refractivity (Wildman–Crippen MR) is 69.8 cm³/mol. The summed E-state index contributed by atoms with van der Waals surface area (Å²) in [5.41, 5.74) is 2.66. The average Bonchev–Trinajstić information content (AvgIpc) is 2.62. The number of alkyl halides is 1. The first-order chi connectivity index (χ1) is 7.09. The fourth-order valence-electron chi connectivity index (χ4n) is 1.79. The van der Waals surface area contributed by atoms with Crippen molar-refractivity contribution in [3.63, 3.8) is 0 Å². The summed E-state index contributed by atoms with van der Waals surface area (Å²) in [5.74, 6) is 1.62. The third kappa shape index (κ3) is 2.23. The Kier molecular flexibility index (Phi) is 3.41. The van der Waals surface area contributed by atoms with Gasteiger partial charge in [-0.3, -0.25) is 0 Å². The highest BCUT2D eigenvalue weighted by molar-refractivity contribution is 9.11. The molecule has 0 spiro atoms. The van der Waals surface area contributed by atoms with E-state index in [4.69, 9.17) is 4.74 Å². The van der Waals surface area contributed by atoms with Crippen LogP contribution in [-0.2, 0) is 6.42 Å². The molecule has 3 heteroatoms. The monoisotopic (exact) mass is 332 g/mol. The Morgan fingerprint density at radius 3 is 2.73 bits per heavy atom. The molecule has 0 fully saturated rings. The Bertz CT molecular complexity index is 374.